The van der Waals surface area contributed by atoms with Gasteiger partial charge in [0, 0.05) is 45.7 Å². The minimum atomic E-state index is 0.609. The molecule has 2 N–H and O–H groups in total. The first-order chi connectivity index (χ1) is 10.6. The molecule has 0 radical (unpaired) electrons. The zero-order chi connectivity index (χ0) is 16.4. The molecule has 1 rings (SSSR count). The maximum absolute atomic E-state index is 4.25. The molecule has 7 heteroatoms. The second-order valence-corrected chi connectivity index (χ2v) is 5.46. The minimum Gasteiger partial charge on any atom is -0.355 e. The van der Waals surface area contributed by atoms with Gasteiger partial charge in [-0.15, -0.1) is 10.2 Å². The number of rotatable bonds is 9. The van der Waals surface area contributed by atoms with Crippen molar-refractivity contribution in [2.75, 3.05) is 33.7 Å². The van der Waals surface area contributed by atoms with E-state index in [0.717, 1.165) is 44.4 Å². The van der Waals surface area contributed by atoms with Crippen molar-refractivity contribution < 1.29 is 0 Å². The van der Waals surface area contributed by atoms with Gasteiger partial charge in [-0.3, -0.25) is 4.99 Å². The van der Waals surface area contributed by atoms with E-state index in [9.17, 15) is 0 Å². The third-order valence-electron chi connectivity index (χ3n) is 3.98. The quantitative estimate of drug-likeness (QED) is 0.520. The summed E-state index contributed by atoms with van der Waals surface area (Å²) in [6.07, 6.45) is 3.84. The number of aryl methyl sites for hydroxylation is 1. The molecule has 0 aliphatic rings. The highest BCUT2D eigenvalue weighted by Gasteiger charge is 2.06. The Labute approximate surface area is 134 Å². The topological polar surface area (TPSA) is 70.4 Å². The second-order valence-electron chi connectivity index (χ2n) is 5.46. The first-order valence-corrected chi connectivity index (χ1v) is 8.13. The Bertz CT molecular complexity index is 441. The van der Waals surface area contributed by atoms with Gasteiger partial charge in [-0.1, -0.05) is 13.8 Å². The van der Waals surface area contributed by atoms with Gasteiger partial charge in [0.2, 0.25) is 0 Å². The Morgan fingerprint density at radius 1 is 1.36 bits per heavy atom. The molecular weight excluding hydrogens is 278 g/mol. The number of aromatic nitrogens is 3. The van der Waals surface area contributed by atoms with E-state index in [4.69, 9.17) is 0 Å². The van der Waals surface area contributed by atoms with Gasteiger partial charge in [0.15, 0.2) is 5.96 Å². The molecule has 0 aliphatic carbocycles. The molecular formula is C15H31N7. The SMILES string of the molecule is CCc1nncn1CCNC(=NC)NCCN(C)C(C)CC. The summed E-state index contributed by atoms with van der Waals surface area (Å²) in [5, 5.41) is 14.7. The van der Waals surface area contributed by atoms with Crippen LogP contribution in [0.3, 0.4) is 0 Å². The molecule has 126 valence electrons. The van der Waals surface area contributed by atoms with Crippen LogP contribution in [0.1, 0.15) is 33.0 Å². The van der Waals surface area contributed by atoms with E-state index in [0.29, 0.717) is 6.04 Å². The highest BCUT2D eigenvalue weighted by molar-refractivity contribution is 5.79. The summed E-state index contributed by atoms with van der Waals surface area (Å²) in [5.41, 5.74) is 0. The molecule has 1 aromatic heterocycles. The highest BCUT2D eigenvalue weighted by Crippen LogP contribution is 1.98. The lowest BCUT2D eigenvalue weighted by Gasteiger charge is -2.24. The lowest BCUT2D eigenvalue weighted by atomic mass is 10.2. The summed E-state index contributed by atoms with van der Waals surface area (Å²) < 4.78 is 2.07. The summed E-state index contributed by atoms with van der Waals surface area (Å²) in [4.78, 5) is 6.60. The van der Waals surface area contributed by atoms with Crippen LogP contribution in [-0.4, -0.2) is 65.4 Å². The normalized spacial score (nSPS) is 13.5. The first-order valence-electron chi connectivity index (χ1n) is 8.13. The summed E-state index contributed by atoms with van der Waals surface area (Å²) in [6.45, 7) is 10.1. The van der Waals surface area contributed by atoms with Gasteiger partial charge in [0.25, 0.3) is 0 Å². The Morgan fingerprint density at radius 3 is 2.73 bits per heavy atom. The summed E-state index contributed by atoms with van der Waals surface area (Å²) in [6, 6.07) is 0.609. The fraction of sp³-hybridized carbons (Fsp3) is 0.800. The monoisotopic (exact) mass is 309 g/mol. The molecule has 1 heterocycles. The van der Waals surface area contributed by atoms with E-state index in [1.54, 1.807) is 13.4 Å². The predicted octanol–water partition coefficient (Wildman–Crippen LogP) is 0.736. The van der Waals surface area contributed by atoms with Crippen LogP contribution < -0.4 is 10.6 Å². The number of guanidine groups is 1. The number of nitrogens with one attached hydrogen (secondary N) is 2. The van der Waals surface area contributed by atoms with Crippen molar-refractivity contribution in [2.24, 2.45) is 4.99 Å². The number of hydrogen-bond donors (Lipinski definition) is 2. The van der Waals surface area contributed by atoms with Crippen molar-refractivity contribution in [3.8, 4) is 0 Å². The van der Waals surface area contributed by atoms with E-state index in [1.807, 2.05) is 0 Å². The van der Waals surface area contributed by atoms with Gasteiger partial charge >= 0.3 is 0 Å². The summed E-state index contributed by atoms with van der Waals surface area (Å²) >= 11 is 0. The van der Waals surface area contributed by atoms with Crippen LogP contribution in [0.15, 0.2) is 11.3 Å². The molecule has 0 aliphatic heterocycles. The third kappa shape index (κ3) is 6.01. The molecule has 0 bridgehead atoms. The van der Waals surface area contributed by atoms with Crippen LogP contribution in [0.25, 0.3) is 0 Å². The minimum absolute atomic E-state index is 0.609. The predicted molar refractivity (Wildman–Crippen MR) is 91.1 cm³/mol. The molecule has 1 aromatic rings. The van der Waals surface area contributed by atoms with Crippen LogP contribution in [0.5, 0.6) is 0 Å². The van der Waals surface area contributed by atoms with Crippen molar-refractivity contribution in [1.29, 1.82) is 0 Å². The largest absolute Gasteiger partial charge is 0.355 e. The van der Waals surface area contributed by atoms with Gasteiger partial charge in [0.1, 0.15) is 12.2 Å². The van der Waals surface area contributed by atoms with Crippen molar-refractivity contribution in [3.05, 3.63) is 12.2 Å². The smallest absolute Gasteiger partial charge is 0.191 e. The maximum Gasteiger partial charge on any atom is 0.191 e. The first kappa shape index (κ1) is 18.4. The Morgan fingerprint density at radius 2 is 2.09 bits per heavy atom. The van der Waals surface area contributed by atoms with E-state index in [2.05, 4.69) is 63.1 Å². The van der Waals surface area contributed by atoms with Gasteiger partial charge < -0.3 is 20.1 Å². The number of nitrogens with zero attached hydrogens (tertiary/aromatic N) is 5. The molecule has 0 saturated heterocycles. The standard InChI is InChI=1S/C15H31N7/c1-6-13(3)21(5)10-8-17-15(16-4)18-9-11-22-12-19-20-14(22)7-2/h12-13H,6-11H2,1-5H3,(H2,16,17,18). The van der Waals surface area contributed by atoms with E-state index in [1.165, 1.54) is 6.42 Å². The fourth-order valence-electron chi connectivity index (χ4n) is 2.14. The highest BCUT2D eigenvalue weighted by atomic mass is 15.3. The average molecular weight is 309 g/mol. The van der Waals surface area contributed by atoms with Gasteiger partial charge in [-0.2, -0.15) is 0 Å². The summed E-state index contributed by atoms with van der Waals surface area (Å²) in [5.74, 6) is 1.85. The fourth-order valence-corrected chi connectivity index (χ4v) is 2.14. The van der Waals surface area contributed by atoms with E-state index >= 15 is 0 Å². The molecule has 0 amide bonds. The molecule has 0 saturated carbocycles. The molecule has 1 atom stereocenters. The molecule has 0 aromatic carbocycles. The maximum atomic E-state index is 4.25. The Balaban J connectivity index is 2.25. The lowest BCUT2D eigenvalue weighted by molar-refractivity contribution is 0.255. The van der Waals surface area contributed by atoms with E-state index < -0.39 is 0 Å². The van der Waals surface area contributed by atoms with Crippen molar-refractivity contribution >= 4 is 5.96 Å². The lowest BCUT2D eigenvalue weighted by Crippen LogP contribution is -2.43. The average Bonchev–Trinajstić information content (AvgIpc) is 2.99. The molecule has 7 nitrogen and oxygen atoms in total. The van der Waals surface area contributed by atoms with Crippen molar-refractivity contribution in [2.45, 2.75) is 46.2 Å². The van der Waals surface area contributed by atoms with Gasteiger partial charge in [-0.05, 0) is 20.4 Å². The molecule has 0 fully saturated rings. The van der Waals surface area contributed by atoms with Crippen LogP contribution in [0.2, 0.25) is 0 Å². The zero-order valence-electron chi connectivity index (χ0n) is 14.6. The van der Waals surface area contributed by atoms with Gasteiger partial charge in [0.05, 0.1) is 0 Å². The Kier molecular flexibility index (Phi) is 8.50. The Hall–Kier alpha value is -1.63. The third-order valence-corrected chi connectivity index (χ3v) is 3.98. The van der Waals surface area contributed by atoms with Crippen molar-refractivity contribution in [1.82, 2.24) is 30.3 Å². The molecule has 1 unspecified atom stereocenters. The second kappa shape index (κ2) is 10.2. The zero-order valence-corrected chi connectivity index (χ0v) is 14.6. The van der Waals surface area contributed by atoms with Crippen LogP contribution in [-0.2, 0) is 13.0 Å². The van der Waals surface area contributed by atoms with Crippen LogP contribution in [0, 0.1) is 0 Å². The molecule has 22 heavy (non-hydrogen) atoms. The summed E-state index contributed by atoms with van der Waals surface area (Å²) in [7, 11) is 3.95. The number of likely N-dealkylation sites (N-methyl/N-ethyl adjacent to an activating group) is 1. The van der Waals surface area contributed by atoms with Crippen LogP contribution >= 0.6 is 0 Å². The van der Waals surface area contributed by atoms with Crippen LogP contribution in [0.4, 0.5) is 0 Å². The molecule has 0 spiro atoms. The number of aliphatic imine (C=N–C) groups is 1. The number of hydrogen-bond acceptors (Lipinski definition) is 4. The van der Waals surface area contributed by atoms with E-state index in [-0.39, 0.29) is 0 Å². The van der Waals surface area contributed by atoms with Crippen molar-refractivity contribution in [3.63, 3.8) is 0 Å². The van der Waals surface area contributed by atoms with Gasteiger partial charge in [-0.25, -0.2) is 0 Å².